The van der Waals surface area contributed by atoms with Gasteiger partial charge in [-0.3, -0.25) is 4.79 Å². The number of carbonyl (C=O) groups is 1. The van der Waals surface area contributed by atoms with E-state index in [1.54, 1.807) is 18.2 Å². The predicted octanol–water partition coefficient (Wildman–Crippen LogP) is 3.28. The van der Waals surface area contributed by atoms with Gasteiger partial charge in [-0.1, -0.05) is 18.2 Å². The molecule has 0 heterocycles. The molecule has 0 aliphatic rings. The lowest BCUT2D eigenvalue weighted by atomic mass is 10.1. The molecule has 0 aromatic heterocycles. The summed E-state index contributed by atoms with van der Waals surface area (Å²) in [6, 6.07) is 6.30. The third-order valence-corrected chi connectivity index (χ3v) is 1.68. The SMILES string of the molecule is CCNC(=O)Cc1ccccc1F.II. The van der Waals surface area contributed by atoms with Crippen molar-refractivity contribution in [2.24, 2.45) is 0 Å². The Hall–Kier alpha value is 0.0800. The Morgan fingerprint density at radius 1 is 1.40 bits per heavy atom. The van der Waals surface area contributed by atoms with Crippen LogP contribution in [0.4, 0.5) is 4.39 Å². The van der Waals surface area contributed by atoms with E-state index >= 15 is 0 Å². The molecule has 0 aliphatic carbocycles. The van der Waals surface area contributed by atoms with Crippen LogP contribution in [-0.4, -0.2) is 12.5 Å². The molecule has 5 heteroatoms. The van der Waals surface area contributed by atoms with E-state index in [-0.39, 0.29) is 18.1 Å². The molecule has 0 aliphatic heterocycles. The summed E-state index contributed by atoms with van der Waals surface area (Å²) in [4.78, 5) is 11.1. The minimum Gasteiger partial charge on any atom is -0.356 e. The number of amides is 1. The van der Waals surface area contributed by atoms with E-state index in [0.717, 1.165) is 0 Å². The lowest BCUT2D eigenvalue weighted by molar-refractivity contribution is -0.120. The minimum absolute atomic E-state index is 0.112. The fraction of sp³-hybridized carbons (Fsp3) is 0.300. The molecule has 1 aromatic rings. The quantitative estimate of drug-likeness (QED) is 0.727. The van der Waals surface area contributed by atoms with Gasteiger partial charge in [0.05, 0.1) is 6.42 Å². The van der Waals surface area contributed by atoms with Crippen LogP contribution in [0.3, 0.4) is 0 Å². The zero-order chi connectivity index (χ0) is 11.7. The summed E-state index contributed by atoms with van der Waals surface area (Å²) in [6.07, 6.45) is 0.112. The summed E-state index contributed by atoms with van der Waals surface area (Å²) < 4.78 is 13.0. The maximum Gasteiger partial charge on any atom is 0.224 e. The Morgan fingerprint density at radius 3 is 2.53 bits per heavy atom. The Balaban J connectivity index is 0.000000921. The highest BCUT2D eigenvalue weighted by Gasteiger charge is 2.05. The molecule has 0 fully saturated rings. The third-order valence-electron chi connectivity index (χ3n) is 1.68. The van der Waals surface area contributed by atoms with Gasteiger partial charge >= 0.3 is 0 Å². The first-order valence-electron chi connectivity index (χ1n) is 4.38. The maximum atomic E-state index is 13.0. The van der Waals surface area contributed by atoms with E-state index in [9.17, 15) is 9.18 Å². The van der Waals surface area contributed by atoms with Gasteiger partial charge in [-0.05, 0) is 18.6 Å². The molecule has 0 atom stereocenters. The molecule has 1 rings (SSSR count). The van der Waals surface area contributed by atoms with Gasteiger partial charge in [0, 0.05) is 43.8 Å². The number of likely N-dealkylation sites (N-methyl/N-ethyl adjacent to an activating group) is 1. The van der Waals surface area contributed by atoms with E-state index in [1.165, 1.54) is 6.07 Å². The van der Waals surface area contributed by atoms with Crippen LogP contribution in [0.15, 0.2) is 24.3 Å². The van der Waals surface area contributed by atoms with E-state index in [2.05, 4.69) is 42.5 Å². The molecule has 84 valence electrons. The second-order valence-electron chi connectivity index (χ2n) is 2.72. The van der Waals surface area contributed by atoms with Crippen LogP contribution in [0, 0.1) is 5.82 Å². The Morgan fingerprint density at radius 2 is 2.00 bits per heavy atom. The van der Waals surface area contributed by atoms with E-state index < -0.39 is 0 Å². The van der Waals surface area contributed by atoms with Crippen molar-refractivity contribution in [2.45, 2.75) is 13.3 Å². The highest BCUT2D eigenvalue weighted by Crippen LogP contribution is 2.06. The number of hydrogen-bond donors (Lipinski definition) is 1. The zero-order valence-corrected chi connectivity index (χ0v) is 12.6. The van der Waals surface area contributed by atoms with Gasteiger partial charge in [0.15, 0.2) is 0 Å². The van der Waals surface area contributed by atoms with Crippen molar-refractivity contribution in [1.82, 2.24) is 5.32 Å². The van der Waals surface area contributed by atoms with Crippen LogP contribution in [0.2, 0.25) is 0 Å². The summed E-state index contributed by atoms with van der Waals surface area (Å²) in [7, 11) is 0. The second-order valence-corrected chi connectivity index (χ2v) is 2.72. The van der Waals surface area contributed by atoms with Gasteiger partial charge in [0.25, 0.3) is 0 Å². The normalized spacial score (nSPS) is 8.80. The summed E-state index contributed by atoms with van der Waals surface area (Å²) >= 11 is 4.24. The van der Waals surface area contributed by atoms with Crippen molar-refractivity contribution in [3.63, 3.8) is 0 Å². The number of hydrogen-bond acceptors (Lipinski definition) is 1. The fourth-order valence-corrected chi connectivity index (χ4v) is 1.07. The van der Waals surface area contributed by atoms with Crippen LogP contribution in [0.5, 0.6) is 0 Å². The Labute approximate surface area is 112 Å². The number of carbonyl (C=O) groups excluding carboxylic acids is 1. The average molecular weight is 435 g/mol. The van der Waals surface area contributed by atoms with Gasteiger partial charge in [0.2, 0.25) is 5.91 Å². The molecule has 0 saturated carbocycles. The molecule has 0 unspecified atom stereocenters. The number of rotatable bonds is 3. The second kappa shape index (κ2) is 9.32. The predicted molar refractivity (Wildman–Crippen MR) is 76.8 cm³/mol. The highest BCUT2D eigenvalue weighted by atomic mass is 128. The summed E-state index contributed by atoms with van der Waals surface area (Å²) in [6.45, 7) is 2.41. The molecular formula is C10H12FI2NO. The van der Waals surface area contributed by atoms with Gasteiger partial charge in [0.1, 0.15) is 5.82 Å². The molecule has 0 saturated heterocycles. The van der Waals surface area contributed by atoms with Crippen molar-refractivity contribution < 1.29 is 9.18 Å². The van der Waals surface area contributed by atoms with E-state index in [4.69, 9.17) is 0 Å². The average Bonchev–Trinajstić information content (AvgIpc) is 2.25. The topological polar surface area (TPSA) is 29.1 Å². The summed E-state index contributed by atoms with van der Waals surface area (Å²) in [5.74, 6) is -0.471. The first kappa shape index (κ1) is 15.1. The lowest BCUT2D eigenvalue weighted by Gasteiger charge is -2.02. The van der Waals surface area contributed by atoms with Crippen LogP contribution < -0.4 is 5.32 Å². The monoisotopic (exact) mass is 435 g/mol. The first-order chi connectivity index (χ1) is 7.24. The summed E-state index contributed by atoms with van der Waals surface area (Å²) in [5.41, 5.74) is 0.438. The molecule has 2 nitrogen and oxygen atoms in total. The standard InChI is InChI=1S/C10H12FNO.I2/c1-2-12-10(13)7-8-5-3-4-6-9(8)11;1-2/h3-6H,2,7H2,1H3,(H,12,13);. The van der Waals surface area contributed by atoms with Gasteiger partial charge < -0.3 is 5.32 Å². The first-order valence-corrected chi connectivity index (χ1v) is 10.7. The van der Waals surface area contributed by atoms with Crippen molar-refractivity contribution in [1.29, 1.82) is 0 Å². The Kier molecular flexibility index (Phi) is 9.37. The van der Waals surface area contributed by atoms with E-state index in [1.807, 2.05) is 6.92 Å². The maximum absolute atomic E-state index is 13.0. The Bertz CT molecular complexity index is 307. The zero-order valence-electron chi connectivity index (χ0n) is 8.27. The molecule has 1 N–H and O–H groups in total. The van der Waals surface area contributed by atoms with Crippen LogP contribution in [0.25, 0.3) is 0 Å². The molecule has 0 radical (unpaired) electrons. The van der Waals surface area contributed by atoms with Gasteiger partial charge in [-0.2, -0.15) is 0 Å². The number of halogens is 3. The van der Waals surface area contributed by atoms with Crippen molar-refractivity contribution >= 4 is 43.1 Å². The molecule has 0 bridgehead atoms. The van der Waals surface area contributed by atoms with Crippen LogP contribution in [-0.2, 0) is 11.2 Å². The minimum atomic E-state index is -0.325. The summed E-state index contributed by atoms with van der Waals surface area (Å²) in [5, 5.41) is 2.62. The molecule has 1 amide bonds. The van der Waals surface area contributed by atoms with Gasteiger partial charge in [-0.15, -0.1) is 0 Å². The lowest BCUT2D eigenvalue weighted by Crippen LogP contribution is -2.24. The smallest absolute Gasteiger partial charge is 0.224 e. The largest absolute Gasteiger partial charge is 0.356 e. The van der Waals surface area contributed by atoms with Crippen LogP contribution >= 0.6 is 37.2 Å². The van der Waals surface area contributed by atoms with Gasteiger partial charge in [-0.25, -0.2) is 4.39 Å². The number of benzene rings is 1. The molecule has 1 aromatic carbocycles. The van der Waals surface area contributed by atoms with Crippen LogP contribution in [0.1, 0.15) is 12.5 Å². The highest BCUT2D eigenvalue weighted by molar-refractivity contribution is 15.0. The van der Waals surface area contributed by atoms with Crippen molar-refractivity contribution in [3.05, 3.63) is 35.6 Å². The van der Waals surface area contributed by atoms with E-state index in [0.29, 0.717) is 12.1 Å². The number of nitrogens with one attached hydrogen (secondary N) is 1. The molecular weight excluding hydrogens is 423 g/mol. The third kappa shape index (κ3) is 6.29. The van der Waals surface area contributed by atoms with Crippen molar-refractivity contribution in [3.8, 4) is 0 Å². The fourth-order valence-electron chi connectivity index (χ4n) is 1.07. The molecule has 0 spiro atoms. The van der Waals surface area contributed by atoms with Crippen molar-refractivity contribution in [2.75, 3.05) is 6.54 Å². The molecule has 15 heavy (non-hydrogen) atoms.